The van der Waals surface area contributed by atoms with E-state index in [1.165, 1.54) is 5.69 Å². The molecular weight excluding hydrogens is 332 g/mol. The van der Waals surface area contributed by atoms with Crippen molar-refractivity contribution in [1.82, 2.24) is 19.7 Å². The van der Waals surface area contributed by atoms with E-state index in [0.29, 0.717) is 5.69 Å². The summed E-state index contributed by atoms with van der Waals surface area (Å²) in [6, 6.07) is 1.93. The summed E-state index contributed by atoms with van der Waals surface area (Å²) >= 11 is 3.43. The zero-order chi connectivity index (χ0) is 15.0. The fraction of sp³-hybridized carbons (Fsp3) is 0.467. The van der Waals surface area contributed by atoms with Gasteiger partial charge >= 0.3 is 0 Å². The number of carbonyl (C=O) groups is 1. The van der Waals surface area contributed by atoms with Crippen LogP contribution >= 0.6 is 15.9 Å². The SMILES string of the molecule is CCn1cc(Br)cc1C(=O)NC1CCCc2c1cnn2C. The zero-order valence-electron chi connectivity index (χ0n) is 12.3. The summed E-state index contributed by atoms with van der Waals surface area (Å²) in [4.78, 5) is 12.5. The Morgan fingerprint density at radius 2 is 2.38 bits per heavy atom. The number of nitrogens with zero attached hydrogens (tertiary/aromatic N) is 3. The highest BCUT2D eigenvalue weighted by Crippen LogP contribution is 2.29. The van der Waals surface area contributed by atoms with Gasteiger partial charge in [0.2, 0.25) is 0 Å². The van der Waals surface area contributed by atoms with E-state index < -0.39 is 0 Å². The van der Waals surface area contributed by atoms with E-state index in [1.54, 1.807) is 0 Å². The average Bonchev–Trinajstić information content (AvgIpc) is 3.03. The number of aromatic nitrogens is 3. The molecule has 3 rings (SSSR count). The fourth-order valence-corrected chi connectivity index (χ4v) is 3.48. The van der Waals surface area contributed by atoms with Crippen molar-refractivity contribution in [2.45, 2.75) is 38.8 Å². The molecule has 2 aromatic rings. The summed E-state index contributed by atoms with van der Waals surface area (Å²) < 4.78 is 4.80. The monoisotopic (exact) mass is 350 g/mol. The van der Waals surface area contributed by atoms with Gasteiger partial charge < -0.3 is 9.88 Å². The molecule has 1 aliphatic carbocycles. The number of aryl methyl sites for hydroxylation is 2. The molecule has 0 aromatic carbocycles. The second-order valence-corrected chi connectivity index (χ2v) is 6.33. The number of amides is 1. The van der Waals surface area contributed by atoms with Gasteiger partial charge in [-0.25, -0.2) is 0 Å². The van der Waals surface area contributed by atoms with Crippen LogP contribution in [0.2, 0.25) is 0 Å². The Morgan fingerprint density at radius 3 is 3.14 bits per heavy atom. The molecule has 6 heteroatoms. The number of fused-ring (bicyclic) bond motifs is 1. The first kappa shape index (κ1) is 14.4. The summed E-state index contributed by atoms with van der Waals surface area (Å²) in [5.41, 5.74) is 3.09. The predicted molar refractivity (Wildman–Crippen MR) is 84.2 cm³/mol. The summed E-state index contributed by atoms with van der Waals surface area (Å²) in [6.45, 7) is 2.81. The molecule has 1 N–H and O–H groups in total. The Morgan fingerprint density at radius 1 is 1.57 bits per heavy atom. The lowest BCUT2D eigenvalue weighted by molar-refractivity contribution is 0.0923. The van der Waals surface area contributed by atoms with Crippen molar-refractivity contribution in [3.05, 3.63) is 39.9 Å². The lowest BCUT2D eigenvalue weighted by atomic mass is 9.93. The van der Waals surface area contributed by atoms with Crippen molar-refractivity contribution in [2.24, 2.45) is 7.05 Å². The van der Waals surface area contributed by atoms with Crippen molar-refractivity contribution in [3.63, 3.8) is 0 Å². The van der Waals surface area contributed by atoms with Gasteiger partial charge in [0, 0.05) is 35.5 Å². The van der Waals surface area contributed by atoms with Gasteiger partial charge in [-0.2, -0.15) is 5.10 Å². The standard InChI is InChI=1S/C15H19BrN4O/c1-3-20-9-10(16)7-14(20)15(21)18-12-5-4-6-13-11(12)8-17-19(13)2/h7-9,12H,3-6H2,1-2H3,(H,18,21). The lowest BCUT2D eigenvalue weighted by Gasteiger charge is -2.24. The molecular formula is C15H19BrN4O. The minimum atomic E-state index is -0.0238. The lowest BCUT2D eigenvalue weighted by Crippen LogP contribution is -2.32. The van der Waals surface area contributed by atoms with Crippen LogP contribution in [0.1, 0.15) is 47.6 Å². The van der Waals surface area contributed by atoms with Crippen LogP contribution in [0.25, 0.3) is 0 Å². The van der Waals surface area contributed by atoms with Gasteiger partial charge in [-0.1, -0.05) is 0 Å². The van der Waals surface area contributed by atoms with Gasteiger partial charge in [-0.15, -0.1) is 0 Å². The molecule has 2 heterocycles. The molecule has 0 fully saturated rings. The molecule has 2 aromatic heterocycles. The summed E-state index contributed by atoms with van der Waals surface area (Å²) in [7, 11) is 1.96. The average molecular weight is 351 g/mol. The molecule has 0 saturated heterocycles. The van der Waals surface area contributed by atoms with Crippen LogP contribution in [0.15, 0.2) is 22.9 Å². The number of carbonyl (C=O) groups excluding carboxylic acids is 1. The molecule has 0 spiro atoms. The maximum absolute atomic E-state index is 12.5. The first-order valence-corrected chi connectivity index (χ1v) is 8.06. The maximum atomic E-state index is 12.5. The van der Waals surface area contributed by atoms with Crippen molar-refractivity contribution in [1.29, 1.82) is 0 Å². The van der Waals surface area contributed by atoms with Gasteiger partial charge in [0.15, 0.2) is 0 Å². The van der Waals surface area contributed by atoms with Crippen LogP contribution < -0.4 is 5.32 Å². The molecule has 1 unspecified atom stereocenters. The molecule has 0 saturated carbocycles. The highest BCUT2D eigenvalue weighted by atomic mass is 79.9. The molecule has 21 heavy (non-hydrogen) atoms. The van der Waals surface area contributed by atoms with E-state index in [2.05, 4.69) is 26.3 Å². The van der Waals surface area contributed by atoms with Crippen molar-refractivity contribution < 1.29 is 4.79 Å². The van der Waals surface area contributed by atoms with Crippen LogP contribution in [0.4, 0.5) is 0 Å². The second kappa shape index (κ2) is 5.67. The van der Waals surface area contributed by atoms with E-state index in [9.17, 15) is 4.79 Å². The Hall–Kier alpha value is -1.56. The zero-order valence-corrected chi connectivity index (χ0v) is 13.9. The van der Waals surface area contributed by atoms with Crippen molar-refractivity contribution >= 4 is 21.8 Å². The first-order chi connectivity index (χ1) is 10.1. The highest BCUT2D eigenvalue weighted by molar-refractivity contribution is 9.10. The number of hydrogen-bond donors (Lipinski definition) is 1. The molecule has 0 bridgehead atoms. The molecule has 1 amide bonds. The Kier molecular flexibility index (Phi) is 3.89. The third-order valence-electron chi connectivity index (χ3n) is 4.12. The third kappa shape index (κ3) is 2.64. The second-order valence-electron chi connectivity index (χ2n) is 5.42. The van der Waals surface area contributed by atoms with Gasteiger partial charge in [-0.3, -0.25) is 9.48 Å². The van der Waals surface area contributed by atoms with Crippen molar-refractivity contribution in [3.8, 4) is 0 Å². The van der Waals surface area contributed by atoms with Crippen LogP contribution in [-0.4, -0.2) is 20.3 Å². The number of nitrogens with one attached hydrogen (secondary N) is 1. The Balaban J connectivity index is 1.82. The summed E-state index contributed by atoms with van der Waals surface area (Å²) in [5.74, 6) is -0.0238. The quantitative estimate of drug-likeness (QED) is 0.925. The fourth-order valence-electron chi connectivity index (χ4n) is 3.02. The normalized spacial score (nSPS) is 17.6. The van der Waals surface area contributed by atoms with Gasteiger partial charge in [0.25, 0.3) is 5.91 Å². The maximum Gasteiger partial charge on any atom is 0.268 e. The molecule has 5 nitrogen and oxygen atoms in total. The topological polar surface area (TPSA) is 51.9 Å². The van der Waals surface area contributed by atoms with E-state index in [0.717, 1.165) is 35.8 Å². The third-order valence-corrected chi connectivity index (χ3v) is 4.55. The molecule has 112 valence electrons. The Labute approximate surface area is 132 Å². The van der Waals surface area contributed by atoms with E-state index >= 15 is 0 Å². The predicted octanol–water partition coefficient (Wildman–Crippen LogP) is 2.81. The minimum Gasteiger partial charge on any atom is -0.344 e. The molecule has 0 radical (unpaired) electrons. The highest BCUT2D eigenvalue weighted by Gasteiger charge is 2.25. The number of hydrogen-bond acceptors (Lipinski definition) is 2. The molecule has 0 aliphatic heterocycles. The van der Waals surface area contributed by atoms with Gasteiger partial charge in [0.05, 0.1) is 12.2 Å². The van der Waals surface area contributed by atoms with E-state index in [4.69, 9.17) is 0 Å². The molecule has 1 atom stereocenters. The van der Waals surface area contributed by atoms with Crippen LogP contribution in [-0.2, 0) is 20.0 Å². The van der Waals surface area contributed by atoms with Gasteiger partial charge in [0.1, 0.15) is 5.69 Å². The minimum absolute atomic E-state index is 0.0238. The largest absolute Gasteiger partial charge is 0.344 e. The smallest absolute Gasteiger partial charge is 0.268 e. The Bertz CT molecular complexity index is 673. The van der Waals surface area contributed by atoms with E-state index in [1.807, 2.05) is 41.7 Å². The van der Waals surface area contributed by atoms with Gasteiger partial charge in [-0.05, 0) is 48.2 Å². The summed E-state index contributed by atoms with van der Waals surface area (Å²) in [6.07, 6.45) is 6.91. The van der Waals surface area contributed by atoms with E-state index in [-0.39, 0.29) is 11.9 Å². The van der Waals surface area contributed by atoms with Crippen LogP contribution in [0.3, 0.4) is 0 Å². The first-order valence-electron chi connectivity index (χ1n) is 7.27. The number of rotatable bonds is 3. The molecule has 1 aliphatic rings. The number of halogens is 1. The van der Waals surface area contributed by atoms with Crippen LogP contribution in [0, 0.1) is 0 Å². The van der Waals surface area contributed by atoms with Crippen LogP contribution in [0.5, 0.6) is 0 Å². The summed E-state index contributed by atoms with van der Waals surface area (Å²) in [5, 5.41) is 7.48. The van der Waals surface area contributed by atoms with Crippen molar-refractivity contribution in [2.75, 3.05) is 0 Å².